The van der Waals surface area contributed by atoms with Gasteiger partial charge in [-0.15, -0.1) is 11.3 Å². The standard InChI is InChI=1S/C14H17NO3S2/c16-13(17)4-2-11-1-3-12(20-11)14(18)15-9-10-5-7-19-8-6-10/h1-4,10H,5-9H2,(H,15,18)(H,16,17)/b4-2+. The highest BCUT2D eigenvalue weighted by Gasteiger charge is 2.15. The van der Waals surface area contributed by atoms with Crippen LogP contribution >= 0.6 is 23.1 Å². The van der Waals surface area contributed by atoms with E-state index in [1.807, 2.05) is 11.8 Å². The van der Waals surface area contributed by atoms with Crippen molar-refractivity contribution in [1.29, 1.82) is 0 Å². The zero-order valence-electron chi connectivity index (χ0n) is 11.0. The molecule has 6 heteroatoms. The molecule has 0 radical (unpaired) electrons. The normalized spacial score (nSPS) is 16.4. The van der Waals surface area contributed by atoms with Crippen LogP contribution in [0.25, 0.3) is 6.08 Å². The summed E-state index contributed by atoms with van der Waals surface area (Å²) in [4.78, 5) is 23.8. The van der Waals surface area contributed by atoms with E-state index < -0.39 is 5.97 Å². The van der Waals surface area contributed by atoms with Gasteiger partial charge in [-0.3, -0.25) is 4.79 Å². The molecule has 0 aliphatic carbocycles. The Balaban J connectivity index is 1.84. The van der Waals surface area contributed by atoms with Crippen molar-refractivity contribution in [3.63, 3.8) is 0 Å². The van der Waals surface area contributed by atoms with Gasteiger partial charge in [-0.05, 0) is 48.5 Å². The molecule has 0 saturated carbocycles. The van der Waals surface area contributed by atoms with Crippen molar-refractivity contribution in [2.75, 3.05) is 18.1 Å². The highest BCUT2D eigenvalue weighted by Crippen LogP contribution is 2.22. The van der Waals surface area contributed by atoms with Gasteiger partial charge >= 0.3 is 5.97 Å². The number of thiophene rings is 1. The average Bonchev–Trinajstić information content (AvgIpc) is 2.92. The van der Waals surface area contributed by atoms with Gasteiger partial charge in [-0.25, -0.2) is 4.79 Å². The fraction of sp³-hybridized carbons (Fsp3) is 0.429. The van der Waals surface area contributed by atoms with E-state index in [-0.39, 0.29) is 5.91 Å². The summed E-state index contributed by atoms with van der Waals surface area (Å²) in [6.45, 7) is 0.734. The molecular weight excluding hydrogens is 294 g/mol. The molecule has 1 aromatic rings. The summed E-state index contributed by atoms with van der Waals surface area (Å²) in [5.74, 6) is 1.90. The Morgan fingerprint density at radius 2 is 2.10 bits per heavy atom. The number of hydrogen-bond acceptors (Lipinski definition) is 4. The minimum atomic E-state index is -0.987. The van der Waals surface area contributed by atoms with Crippen molar-refractivity contribution in [1.82, 2.24) is 5.32 Å². The molecule has 1 saturated heterocycles. The zero-order chi connectivity index (χ0) is 14.4. The average molecular weight is 311 g/mol. The van der Waals surface area contributed by atoms with Crippen LogP contribution in [0, 0.1) is 5.92 Å². The van der Waals surface area contributed by atoms with E-state index in [4.69, 9.17) is 5.11 Å². The monoisotopic (exact) mass is 311 g/mol. The summed E-state index contributed by atoms with van der Waals surface area (Å²) in [6.07, 6.45) is 4.92. The second-order valence-electron chi connectivity index (χ2n) is 4.64. The summed E-state index contributed by atoms with van der Waals surface area (Å²) < 4.78 is 0. The maximum Gasteiger partial charge on any atom is 0.328 e. The van der Waals surface area contributed by atoms with E-state index in [2.05, 4.69) is 5.32 Å². The molecule has 108 valence electrons. The third kappa shape index (κ3) is 4.68. The van der Waals surface area contributed by atoms with Gasteiger partial charge in [0.2, 0.25) is 0 Å². The summed E-state index contributed by atoms with van der Waals surface area (Å²) in [5.41, 5.74) is 0. The van der Waals surface area contributed by atoms with Crippen LogP contribution in [0.4, 0.5) is 0 Å². The first kappa shape index (κ1) is 15.1. The summed E-state index contributed by atoms with van der Waals surface area (Å²) in [7, 11) is 0. The summed E-state index contributed by atoms with van der Waals surface area (Å²) in [5, 5.41) is 11.5. The third-order valence-corrected chi connectivity index (χ3v) is 5.23. The van der Waals surface area contributed by atoms with Gasteiger partial charge in [-0.2, -0.15) is 11.8 Å². The van der Waals surface area contributed by atoms with Crippen LogP contribution in [-0.2, 0) is 4.79 Å². The predicted molar refractivity (Wildman–Crippen MR) is 83.4 cm³/mol. The van der Waals surface area contributed by atoms with Crippen LogP contribution in [0.5, 0.6) is 0 Å². The first-order valence-electron chi connectivity index (χ1n) is 6.52. The quantitative estimate of drug-likeness (QED) is 0.821. The zero-order valence-corrected chi connectivity index (χ0v) is 12.6. The molecule has 2 rings (SSSR count). The summed E-state index contributed by atoms with van der Waals surface area (Å²) in [6, 6.07) is 3.49. The molecule has 2 N–H and O–H groups in total. The Bertz CT molecular complexity index is 504. The molecule has 1 amide bonds. The molecule has 1 aromatic heterocycles. The van der Waals surface area contributed by atoms with Gasteiger partial charge in [0.05, 0.1) is 4.88 Å². The molecule has 4 nitrogen and oxygen atoms in total. The van der Waals surface area contributed by atoms with E-state index in [1.54, 1.807) is 12.1 Å². The van der Waals surface area contributed by atoms with E-state index in [1.165, 1.54) is 41.8 Å². The van der Waals surface area contributed by atoms with E-state index in [0.717, 1.165) is 17.5 Å². The lowest BCUT2D eigenvalue weighted by atomic mass is 10.0. The van der Waals surface area contributed by atoms with E-state index in [9.17, 15) is 9.59 Å². The minimum Gasteiger partial charge on any atom is -0.478 e. The highest BCUT2D eigenvalue weighted by atomic mass is 32.2. The van der Waals surface area contributed by atoms with Crippen molar-refractivity contribution >= 4 is 41.1 Å². The van der Waals surface area contributed by atoms with Gasteiger partial charge in [0.15, 0.2) is 0 Å². The lowest BCUT2D eigenvalue weighted by Crippen LogP contribution is -2.30. The van der Waals surface area contributed by atoms with Gasteiger partial charge in [0, 0.05) is 17.5 Å². The Kier molecular flexibility index (Phi) is 5.67. The number of carboxylic acid groups (broad SMARTS) is 1. The molecule has 0 spiro atoms. The second kappa shape index (κ2) is 7.50. The molecule has 0 atom stereocenters. The van der Waals surface area contributed by atoms with Crippen molar-refractivity contribution < 1.29 is 14.7 Å². The van der Waals surface area contributed by atoms with Crippen LogP contribution in [0.2, 0.25) is 0 Å². The van der Waals surface area contributed by atoms with Gasteiger partial charge in [0.1, 0.15) is 0 Å². The minimum absolute atomic E-state index is 0.0665. The number of aliphatic carboxylic acids is 1. The number of rotatable bonds is 5. The van der Waals surface area contributed by atoms with Crippen LogP contribution < -0.4 is 5.32 Å². The molecular formula is C14H17NO3S2. The number of amides is 1. The Hall–Kier alpha value is -1.27. The first-order valence-corrected chi connectivity index (χ1v) is 8.49. The highest BCUT2D eigenvalue weighted by molar-refractivity contribution is 7.99. The number of carboxylic acids is 1. The van der Waals surface area contributed by atoms with Crippen molar-refractivity contribution in [3.05, 3.63) is 28.0 Å². The molecule has 2 heterocycles. The molecule has 0 bridgehead atoms. The van der Waals surface area contributed by atoms with Gasteiger partial charge in [-0.1, -0.05) is 0 Å². The van der Waals surface area contributed by atoms with Gasteiger partial charge < -0.3 is 10.4 Å². The number of carbonyl (C=O) groups excluding carboxylic acids is 1. The van der Waals surface area contributed by atoms with Crippen molar-refractivity contribution in [2.24, 2.45) is 5.92 Å². The SMILES string of the molecule is O=C(O)/C=C/c1ccc(C(=O)NCC2CCSCC2)s1. The number of nitrogens with one attached hydrogen (secondary N) is 1. The molecule has 0 unspecified atom stereocenters. The Labute approximate surface area is 126 Å². The number of thioether (sulfide) groups is 1. The largest absolute Gasteiger partial charge is 0.478 e. The van der Waals surface area contributed by atoms with Crippen LogP contribution in [0.3, 0.4) is 0 Å². The van der Waals surface area contributed by atoms with E-state index >= 15 is 0 Å². The van der Waals surface area contributed by atoms with Crippen LogP contribution in [0.15, 0.2) is 18.2 Å². The fourth-order valence-electron chi connectivity index (χ4n) is 1.99. The Morgan fingerprint density at radius 1 is 1.35 bits per heavy atom. The molecule has 0 aromatic carbocycles. The van der Waals surface area contributed by atoms with Gasteiger partial charge in [0.25, 0.3) is 5.91 Å². The van der Waals surface area contributed by atoms with E-state index in [0.29, 0.717) is 10.8 Å². The molecule has 1 aliphatic heterocycles. The second-order valence-corrected chi connectivity index (χ2v) is 6.98. The number of carbonyl (C=O) groups is 2. The molecule has 1 fully saturated rings. The third-order valence-electron chi connectivity index (χ3n) is 3.13. The maximum absolute atomic E-state index is 12.0. The molecule has 1 aliphatic rings. The smallest absolute Gasteiger partial charge is 0.328 e. The number of hydrogen-bond donors (Lipinski definition) is 2. The lowest BCUT2D eigenvalue weighted by molar-refractivity contribution is -0.131. The van der Waals surface area contributed by atoms with Crippen LogP contribution in [-0.4, -0.2) is 35.0 Å². The van der Waals surface area contributed by atoms with Crippen molar-refractivity contribution in [3.8, 4) is 0 Å². The first-order chi connectivity index (χ1) is 9.65. The molecule has 20 heavy (non-hydrogen) atoms. The topological polar surface area (TPSA) is 66.4 Å². The summed E-state index contributed by atoms with van der Waals surface area (Å²) >= 11 is 3.28. The fourth-order valence-corrected chi connectivity index (χ4v) is 4.02. The predicted octanol–water partition coefficient (Wildman–Crippen LogP) is 2.72. The maximum atomic E-state index is 12.0. The Morgan fingerprint density at radius 3 is 2.80 bits per heavy atom. The van der Waals surface area contributed by atoms with Crippen LogP contribution in [0.1, 0.15) is 27.4 Å². The lowest BCUT2D eigenvalue weighted by Gasteiger charge is -2.21. The van der Waals surface area contributed by atoms with Crippen molar-refractivity contribution in [2.45, 2.75) is 12.8 Å².